The maximum atomic E-state index is 13.0. The minimum absolute atomic E-state index is 0. The number of aliphatic imine (C=N–C) groups is 1. The molecule has 1 atom stereocenters. The van der Waals surface area contributed by atoms with Crippen LogP contribution in [0.25, 0.3) is 0 Å². The van der Waals surface area contributed by atoms with Crippen LogP contribution in [0.2, 0.25) is 0 Å². The zero-order valence-corrected chi connectivity index (χ0v) is 14.1. The normalized spacial score (nSPS) is 16.2. The van der Waals surface area contributed by atoms with Gasteiger partial charge in [-0.05, 0) is 31.9 Å². The zero-order valence-electron chi connectivity index (χ0n) is 11.8. The molecule has 0 radical (unpaired) electrons. The molecule has 112 valence electrons. The lowest BCUT2D eigenvalue weighted by molar-refractivity contribution is 0.229. The number of nitrogens with two attached hydrogens (primary N) is 1. The topological polar surface area (TPSA) is 50.8 Å². The Morgan fingerprint density at radius 1 is 1.55 bits per heavy atom. The van der Waals surface area contributed by atoms with Crippen molar-refractivity contribution in [3.05, 3.63) is 30.1 Å². The molecule has 0 aliphatic heterocycles. The highest BCUT2D eigenvalue weighted by molar-refractivity contribution is 14.0. The predicted octanol–water partition coefficient (Wildman–Crippen LogP) is 2.62. The van der Waals surface area contributed by atoms with Gasteiger partial charge in [0, 0.05) is 19.2 Å². The average Bonchev–Trinajstić information content (AvgIpc) is 3.19. The molecule has 0 bridgehead atoms. The van der Waals surface area contributed by atoms with Crippen molar-refractivity contribution in [2.24, 2.45) is 10.7 Å². The molecule has 1 aromatic rings. The summed E-state index contributed by atoms with van der Waals surface area (Å²) < 4.78 is 18.6. The first-order chi connectivity index (χ1) is 9.06. The van der Waals surface area contributed by atoms with Gasteiger partial charge in [-0.25, -0.2) is 9.38 Å². The highest BCUT2D eigenvalue weighted by Gasteiger charge is 2.27. The van der Waals surface area contributed by atoms with Crippen LogP contribution in [0.4, 0.5) is 4.39 Å². The van der Waals surface area contributed by atoms with Crippen LogP contribution >= 0.6 is 24.0 Å². The molecule has 0 saturated heterocycles. The summed E-state index contributed by atoms with van der Waals surface area (Å²) in [6.07, 6.45) is 2.22. The fraction of sp³-hybridized carbons (Fsp3) is 0.500. The van der Waals surface area contributed by atoms with Crippen molar-refractivity contribution < 1.29 is 9.13 Å². The molecule has 0 amide bonds. The maximum Gasteiger partial charge on any atom is 0.191 e. The van der Waals surface area contributed by atoms with Gasteiger partial charge in [0.15, 0.2) is 5.96 Å². The molecule has 2 N–H and O–H groups in total. The second-order valence-corrected chi connectivity index (χ2v) is 4.93. The Hall–Kier alpha value is -1.05. The van der Waals surface area contributed by atoms with Crippen molar-refractivity contribution in [2.45, 2.75) is 31.9 Å². The Bertz CT molecular complexity index is 465. The van der Waals surface area contributed by atoms with Gasteiger partial charge >= 0.3 is 0 Å². The van der Waals surface area contributed by atoms with Gasteiger partial charge in [0.05, 0.1) is 6.54 Å². The molecular weight excluding hydrogens is 372 g/mol. The average molecular weight is 393 g/mol. The number of hydrogen-bond donors (Lipinski definition) is 1. The van der Waals surface area contributed by atoms with E-state index >= 15 is 0 Å². The van der Waals surface area contributed by atoms with Crippen LogP contribution < -0.4 is 10.5 Å². The third kappa shape index (κ3) is 5.15. The molecule has 0 aromatic heterocycles. The van der Waals surface area contributed by atoms with E-state index in [1.807, 2.05) is 18.9 Å². The molecule has 1 saturated carbocycles. The van der Waals surface area contributed by atoms with Gasteiger partial charge in [0.2, 0.25) is 0 Å². The van der Waals surface area contributed by atoms with Gasteiger partial charge in [-0.3, -0.25) is 0 Å². The Labute approximate surface area is 136 Å². The Morgan fingerprint density at radius 3 is 2.85 bits per heavy atom. The molecule has 6 heteroatoms. The molecule has 1 aliphatic rings. The number of rotatable bonds is 5. The minimum Gasteiger partial charge on any atom is -0.489 e. The quantitative estimate of drug-likeness (QED) is 0.476. The van der Waals surface area contributed by atoms with Crippen molar-refractivity contribution in [1.29, 1.82) is 0 Å². The van der Waals surface area contributed by atoms with Crippen molar-refractivity contribution in [3.8, 4) is 5.75 Å². The molecule has 1 fully saturated rings. The molecule has 4 nitrogen and oxygen atoms in total. The summed E-state index contributed by atoms with van der Waals surface area (Å²) in [7, 11) is 1.95. The van der Waals surface area contributed by atoms with E-state index in [0.717, 1.165) is 0 Å². The Balaban J connectivity index is 0.00000200. The zero-order chi connectivity index (χ0) is 13.8. The van der Waals surface area contributed by atoms with Gasteiger partial charge in [-0.1, -0.05) is 6.07 Å². The van der Waals surface area contributed by atoms with E-state index in [4.69, 9.17) is 10.5 Å². The van der Waals surface area contributed by atoms with E-state index in [9.17, 15) is 4.39 Å². The van der Waals surface area contributed by atoms with Crippen molar-refractivity contribution in [3.63, 3.8) is 0 Å². The van der Waals surface area contributed by atoms with E-state index < -0.39 is 0 Å². The van der Waals surface area contributed by atoms with Crippen LogP contribution in [0, 0.1) is 5.82 Å². The number of ether oxygens (including phenoxy) is 1. The fourth-order valence-corrected chi connectivity index (χ4v) is 1.79. The Morgan fingerprint density at radius 2 is 2.25 bits per heavy atom. The first kappa shape index (κ1) is 17.0. The molecule has 1 aromatic carbocycles. The van der Waals surface area contributed by atoms with E-state index in [1.165, 1.54) is 25.0 Å². The summed E-state index contributed by atoms with van der Waals surface area (Å²) in [6, 6.07) is 6.64. The summed E-state index contributed by atoms with van der Waals surface area (Å²) in [5.41, 5.74) is 5.88. The van der Waals surface area contributed by atoms with E-state index in [2.05, 4.69) is 4.99 Å². The number of guanidine groups is 1. The van der Waals surface area contributed by atoms with Crippen LogP contribution in [-0.2, 0) is 0 Å². The molecule has 1 unspecified atom stereocenters. The predicted molar refractivity (Wildman–Crippen MR) is 89.2 cm³/mol. The van der Waals surface area contributed by atoms with Crippen LogP contribution in [-0.4, -0.2) is 36.6 Å². The molecule has 0 heterocycles. The minimum atomic E-state index is -0.304. The third-order valence-corrected chi connectivity index (χ3v) is 3.10. The molecule has 20 heavy (non-hydrogen) atoms. The van der Waals surface area contributed by atoms with Crippen LogP contribution in [0.5, 0.6) is 5.75 Å². The van der Waals surface area contributed by atoms with Gasteiger partial charge in [0.1, 0.15) is 17.7 Å². The highest BCUT2D eigenvalue weighted by Crippen LogP contribution is 2.24. The smallest absolute Gasteiger partial charge is 0.191 e. The second kappa shape index (κ2) is 7.66. The lowest BCUT2D eigenvalue weighted by Crippen LogP contribution is -2.36. The first-order valence-electron chi connectivity index (χ1n) is 6.51. The van der Waals surface area contributed by atoms with Crippen LogP contribution in [0.1, 0.15) is 19.8 Å². The molecular formula is C14H21FIN3O. The van der Waals surface area contributed by atoms with Gasteiger partial charge in [-0.15, -0.1) is 24.0 Å². The fourth-order valence-electron chi connectivity index (χ4n) is 1.79. The summed E-state index contributed by atoms with van der Waals surface area (Å²) in [6.45, 7) is 2.35. The monoisotopic (exact) mass is 393 g/mol. The van der Waals surface area contributed by atoms with Crippen molar-refractivity contribution in [2.75, 3.05) is 13.6 Å². The van der Waals surface area contributed by atoms with Crippen LogP contribution in [0.3, 0.4) is 0 Å². The standard InChI is InChI=1S/C14H20FN3O.HI/c1-10(19-13-5-3-4-11(15)8-13)9-17-14(16)18(2)12-6-7-12;/h3-5,8,10,12H,6-7,9H2,1-2H3,(H2,16,17);1H. The SMILES string of the molecule is CC(CN=C(N)N(C)C1CC1)Oc1cccc(F)c1.I. The van der Waals surface area contributed by atoms with Gasteiger partial charge in [0.25, 0.3) is 0 Å². The van der Waals surface area contributed by atoms with Crippen molar-refractivity contribution in [1.82, 2.24) is 4.90 Å². The molecule has 2 rings (SSSR count). The van der Waals surface area contributed by atoms with Crippen molar-refractivity contribution >= 4 is 29.9 Å². The van der Waals surface area contributed by atoms with Gasteiger partial charge in [-0.2, -0.15) is 0 Å². The molecule has 0 spiro atoms. The summed E-state index contributed by atoms with van der Waals surface area (Å²) in [5, 5.41) is 0. The summed E-state index contributed by atoms with van der Waals surface area (Å²) in [5.74, 6) is 0.746. The number of benzene rings is 1. The third-order valence-electron chi connectivity index (χ3n) is 3.10. The Kier molecular flexibility index (Phi) is 6.51. The van der Waals surface area contributed by atoms with E-state index in [1.54, 1.807) is 12.1 Å². The highest BCUT2D eigenvalue weighted by atomic mass is 127. The number of nitrogens with zero attached hydrogens (tertiary/aromatic N) is 2. The van der Waals surface area contributed by atoms with Gasteiger partial charge < -0.3 is 15.4 Å². The summed E-state index contributed by atoms with van der Waals surface area (Å²) >= 11 is 0. The second-order valence-electron chi connectivity index (χ2n) is 4.93. The lowest BCUT2D eigenvalue weighted by Gasteiger charge is -2.18. The number of hydrogen-bond acceptors (Lipinski definition) is 2. The van der Waals surface area contributed by atoms with E-state index in [-0.39, 0.29) is 35.9 Å². The molecule has 1 aliphatic carbocycles. The lowest BCUT2D eigenvalue weighted by atomic mass is 10.3. The van der Waals surface area contributed by atoms with Crippen LogP contribution in [0.15, 0.2) is 29.3 Å². The van der Waals surface area contributed by atoms with E-state index in [0.29, 0.717) is 24.3 Å². The number of halogens is 2. The first-order valence-corrected chi connectivity index (χ1v) is 6.51. The largest absolute Gasteiger partial charge is 0.489 e. The maximum absolute atomic E-state index is 13.0. The summed E-state index contributed by atoms with van der Waals surface area (Å²) in [4.78, 5) is 6.30.